The highest BCUT2D eigenvalue weighted by atomic mass is 35.5. The molecule has 1 aromatic rings. The predicted octanol–water partition coefficient (Wildman–Crippen LogP) is 4.92. The van der Waals surface area contributed by atoms with E-state index in [1.54, 1.807) is 6.92 Å². The molecule has 5 nitrogen and oxygen atoms in total. The Balaban J connectivity index is 2.36. The fraction of sp³-hybridized carbons (Fsp3) is 0.500. The molecule has 1 fully saturated rings. The molecule has 1 aromatic carbocycles. The summed E-state index contributed by atoms with van der Waals surface area (Å²) < 4.78 is 5.16. The molecule has 0 atom stereocenters. The Labute approximate surface area is 157 Å². The number of Topliss-reactive ketones (excluding diaryl/α,β-unsaturated/α-hetero) is 2. The standard InChI is InChI=1S/C18H21Cl2NO4/c1-3-9-25-18(24)21(4-2)17-12(7-8-13(19)16(17)20)15(23)10-14(22)11-5-6-11/h7-8,11H,3-6,9-10H2,1-2H3. The van der Waals surface area contributed by atoms with Crippen molar-refractivity contribution < 1.29 is 19.1 Å². The molecule has 2 rings (SSSR count). The Morgan fingerprint density at radius 1 is 1.20 bits per heavy atom. The third kappa shape index (κ3) is 4.73. The van der Waals surface area contributed by atoms with E-state index in [1.807, 2.05) is 6.92 Å². The molecule has 1 aliphatic carbocycles. The van der Waals surface area contributed by atoms with Gasteiger partial charge in [0.05, 0.1) is 28.8 Å². The summed E-state index contributed by atoms with van der Waals surface area (Å²) in [6, 6.07) is 3.00. The van der Waals surface area contributed by atoms with Crippen LogP contribution in [0, 0.1) is 5.92 Å². The summed E-state index contributed by atoms with van der Waals surface area (Å²) in [5.41, 5.74) is 0.407. The lowest BCUT2D eigenvalue weighted by molar-refractivity contribution is -0.119. The summed E-state index contributed by atoms with van der Waals surface area (Å²) in [6.45, 7) is 4.14. The van der Waals surface area contributed by atoms with Gasteiger partial charge < -0.3 is 4.74 Å². The second-order valence-corrected chi connectivity index (χ2v) is 6.74. The summed E-state index contributed by atoms with van der Waals surface area (Å²) in [4.78, 5) is 38.2. The van der Waals surface area contributed by atoms with Crippen molar-refractivity contribution in [3.8, 4) is 0 Å². The van der Waals surface area contributed by atoms with Gasteiger partial charge in [-0.3, -0.25) is 14.5 Å². The van der Waals surface area contributed by atoms with Crippen molar-refractivity contribution in [2.45, 2.75) is 39.5 Å². The van der Waals surface area contributed by atoms with Gasteiger partial charge in [0, 0.05) is 18.0 Å². The van der Waals surface area contributed by atoms with Gasteiger partial charge in [0.25, 0.3) is 0 Å². The number of carbonyl (C=O) groups excluding carboxylic acids is 3. The third-order valence-electron chi connectivity index (χ3n) is 3.97. The van der Waals surface area contributed by atoms with E-state index in [0.717, 1.165) is 12.8 Å². The van der Waals surface area contributed by atoms with E-state index in [-0.39, 0.29) is 58.4 Å². The minimum atomic E-state index is -0.601. The second kappa shape index (κ2) is 8.68. The molecule has 0 unspecified atom stereocenters. The third-order valence-corrected chi connectivity index (χ3v) is 4.77. The van der Waals surface area contributed by atoms with Crippen molar-refractivity contribution in [2.24, 2.45) is 5.92 Å². The zero-order valence-electron chi connectivity index (χ0n) is 14.3. The minimum Gasteiger partial charge on any atom is -0.449 e. The summed E-state index contributed by atoms with van der Waals surface area (Å²) in [5.74, 6) is -0.446. The number of anilines is 1. The van der Waals surface area contributed by atoms with Crippen LogP contribution < -0.4 is 4.90 Å². The average Bonchev–Trinajstić information content (AvgIpc) is 3.42. The van der Waals surface area contributed by atoms with Crippen LogP contribution in [-0.2, 0) is 9.53 Å². The van der Waals surface area contributed by atoms with Crippen LogP contribution in [0.2, 0.25) is 10.0 Å². The number of halogens is 2. The van der Waals surface area contributed by atoms with Gasteiger partial charge in [0.2, 0.25) is 0 Å². The van der Waals surface area contributed by atoms with E-state index in [2.05, 4.69) is 0 Å². The molecule has 0 N–H and O–H groups in total. The van der Waals surface area contributed by atoms with Crippen LogP contribution in [0.5, 0.6) is 0 Å². The van der Waals surface area contributed by atoms with Gasteiger partial charge in [-0.05, 0) is 38.3 Å². The molecule has 0 radical (unpaired) electrons. The zero-order valence-corrected chi connectivity index (χ0v) is 15.8. The highest BCUT2D eigenvalue weighted by Gasteiger charge is 2.32. The Bertz CT molecular complexity index is 686. The lowest BCUT2D eigenvalue weighted by Crippen LogP contribution is -2.33. The number of ketones is 2. The molecule has 0 heterocycles. The minimum absolute atomic E-state index is 0.00744. The van der Waals surface area contributed by atoms with E-state index in [1.165, 1.54) is 17.0 Å². The Morgan fingerprint density at radius 3 is 2.44 bits per heavy atom. The van der Waals surface area contributed by atoms with Crippen molar-refractivity contribution in [2.75, 3.05) is 18.1 Å². The molecular formula is C18H21Cl2NO4. The molecule has 1 aliphatic rings. The van der Waals surface area contributed by atoms with Gasteiger partial charge in [-0.1, -0.05) is 30.1 Å². The number of hydrogen-bond donors (Lipinski definition) is 0. The maximum Gasteiger partial charge on any atom is 0.414 e. The summed E-state index contributed by atoms with van der Waals surface area (Å²) in [7, 11) is 0. The molecule has 1 amide bonds. The number of ether oxygens (including phenoxy) is 1. The average molecular weight is 386 g/mol. The molecular weight excluding hydrogens is 365 g/mol. The Morgan fingerprint density at radius 2 is 1.88 bits per heavy atom. The first-order valence-electron chi connectivity index (χ1n) is 8.38. The summed E-state index contributed by atoms with van der Waals surface area (Å²) in [5, 5.41) is 0.324. The number of carbonyl (C=O) groups is 3. The number of hydrogen-bond acceptors (Lipinski definition) is 4. The maximum atomic E-state index is 12.6. The van der Waals surface area contributed by atoms with E-state index in [4.69, 9.17) is 27.9 Å². The molecule has 136 valence electrons. The van der Waals surface area contributed by atoms with Crippen LogP contribution in [0.15, 0.2) is 12.1 Å². The Hall–Kier alpha value is -1.59. The number of amides is 1. The Kier molecular flexibility index (Phi) is 6.85. The van der Waals surface area contributed by atoms with Gasteiger partial charge in [0.1, 0.15) is 5.78 Å². The van der Waals surface area contributed by atoms with E-state index in [9.17, 15) is 14.4 Å². The van der Waals surface area contributed by atoms with Crippen molar-refractivity contribution in [1.29, 1.82) is 0 Å². The highest BCUT2D eigenvalue weighted by Crippen LogP contribution is 2.38. The zero-order chi connectivity index (χ0) is 18.6. The van der Waals surface area contributed by atoms with Crippen molar-refractivity contribution in [1.82, 2.24) is 0 Å². The molecule has 0 bridgehead atoms. The fourth-order valence-corrected chi connectivity index (χ4v) is 2.90. The normalized spacial score (nSPS) is 13.4. The van der Waals surface area contributed by atoms with E-state index in [0.29, 0.717) is 6.42 Å². The number of benzene rings is 1. The molecule has 0 aliphatic heterocycles. The molecule has 0 spiro atoms. The first-order chi connectivity index (χ1) is 11.9. The van der Waals surface area contributed by atoms with Crippen molar-refractivity contribution >= 4 is 46.5 Å². The van der Waals surface area contributed by atoms with Crippen LogP contribution in [0.1, 0.15) is 49.9 Å². The van der Waals surface area contributed by atoms with Crippen LogP contribution in [-0.4, -0.2) is 30.8 Å². The topological polar surface area (TPSA) is 63.7 Å². The van der Waals surface area contributed by atoms with Crippen LogP contribution in [0.4, 0.5) is 10.5 Å². The first-order valence-corrected chi connectivity index (χ1v) is 9.14. The monoisotopic (exact) mass is 385 g/mol. The van der Waals surface area contributed by atoms with Crippen molar-refractivity contribution in [3.63, 3.8) is 0 Å². The summed E-state index contributed by atoms with van der Waals surface area (Å²) >= 11 is 12.4. The van der Waals surface area contributed by atoms with Gasteiger partial charge in [-0.2, -0.15) is 0 Å². The molecule has 0 saturated heterocycles. The highest BCUT2D eigenvalue weighted by molar-refractivity contribution is 6.44. The number of rotatable bonds is 8. The van der Waals surface area contributed by atoms with Gasteiger partial charge >= 0.3 is 6.09 Å². The van der Waals surface area contributed by atoms with Gasteiger partial charge in [0.15, 0.2) is 5.78 Å². The van der Waals surface area contributed by atoms with Crippen LogP contribution in [0.3, 0.4) is 0 Å². The van der Waals surface area contributed by atoms with E-state index >= 15 is 0 Å². The molecule has 25 heavy (non-hydrogen) atoms. The molecule has 0 aromatic heterocycles. The van der Waals surface area contributed by atoms with Gasteiger partial charge in [-0.25, -0.2) is 4.79 Å². The largest absolute Gasteiger partial charge is 0.449 e. The molecule has 7 heteroatoms. The quantitative estimate of drug-likeness (QED) is 0.470. The SMILES string of the molecule is CCCOC(=O)N(CC)c1c(C(=O)CC(=O)C2CC2)ccc(Cl)c1Cl. The van der Waals surface area contributed by atoms with Crippen LogP contribution >= 0.6 is 23.2 Å². The fourth-order valence-electron chi connectivity index (χ4n) is 2.48. The predicted molar refractivity (Wildman–Crippen MR) is 97.8 cm³/mol. The lowest BCUT2D eigenvalue weighted by atomic mass is 10.0. The van der Waals surface area contributed by atoms with Crippen LogP contribution in [0.25, 0.3) is 0 Å². The second-order valence-electron chi connectivity index (χ2n) is 5.96. The lowest BCUT2D eigenvalue weighted by Gasteiger charge is -2.24. The maximum absolute atomic E-state index is 12.6. The van der Waals surface area contributed by atoms with E-state index < -0.39 is 6.09 Å². The first kappa shape index (κ1) is 19.7. The smallest absolute Gasteiger partial charge is 0.414 e. The van der Waals surface area contributed by atoms with Crippen molar-refractivity contribution in [3.05, 3.63) is 27.7 Å². The molecule has 1 saturated carbocycles. The number of nitrogens with zero attached hydrogens (tertiary/aromatic N) is 1. The van der Waals surface area contributed by atoms with Gasteiger partial charge in [-0.15, -0.1) is 0 Å². The summed E-state index contributed by atoms with van der Waals surface area (Å²) in [6.07, 6.45) is 1.55.